The number of anilines is 1. The molecular formula is C25H31N3O5S. The number of thioether (sulfide) groups is 1. The molecule has 8 nitrogen and oxygen atoms in total. The summed E-state index contributed by atoms with van der Waals surface area (Å²) in [6.45, 7) is 7.52. The molecule has 1 N–H and O–H groups in total. The molecule has 2 aromatic rings. The van der Waals surface area contributed by atoms with E-state index in [9.17, 15) is 14.7 Å². The predicted octanol–water partition coefficient (Wildman–Crippen LogP) is 3.78. The lowest BCUT2D eigenvalue weighted by Crippen LogP contribution is -2.41. The van der Waals surface area contributed by atoms with E-state index in [1.165, 1.54) is 16.8 Å². The number of methoxy groups -OCH3 is 1. The van der Waals surface area contributed by atoms with Crippen molar-refractivity contribution in [2.45, 2.75) is 37.0 Å². The van der Waals surface area contributed by atoms with Gasteiger partial charge in [0, 0.05) is 25.1 Å². The zero-order chi connectivity index (χ0) is 24.7. The molecule has 0 radical (unpaired) electrons. The summed E-state index contributed by atoms with van der Waals surface area (Å²) < 4.78 is 10.0. The van der Waals surface area contributed by atoms with Gasteiger partial charge in [0.1, 0.15) is 4.75 Å². The average Bonchev–Trinajstić information content (AvgIpc) is 2.79. The Kier molecular flexibility index (Phi) is 8.71. The highest BCUT2D eigenvalue weighted by Gasteiger charge is 2.28. The van der Waals surface area contributed by atoms with Crippen LogP contribution in [0.4, 0.5) is 5.69 Å². The molecule has 1 heterocycles. The lowest BCUT2D eigenvalue weighted by molar-refractivity contribution is -0.138. The number of aryl methyl sites for hydroxylation is 1. The number of hydrogen-bond donors (Lipinski definition) is 1. The van der Waals surface area contributed by atoms with Crippen molar-refractivity contribution in [3.63, 3.8) is 0 Å². The van der Waals surface area contributed by atoms with Crippen molar-refractivity contribution in [2.24, 2.45) is 5.10 Å². The maximum absolute atomic E-state index is 12.4. The van der Waals surface area contributed by atoms with Gasteiger partial charge in [0.15, 0.2) is 6.61 Å². The number of benzene rings is 2. The minimum absolute atomic E-state index is 0.0593. The Morgan fingerprint density at radius 2 is 1.97 bits per heavy atom. The van der Waals surface area contributed by atoms with E-state index in [-0.39, 0.29) is 12.5 Å². The number of hydrazone groups is 1. The monoisotopic (exact) mass is 485 g/mol. The maximum atomic E-state index is 12.4. The Hall–Kier alpha value is -2.88. The van der Waals surface area contributed by atoms with Gasteiger partial charge in [-0.2, -0.15) is 5.01 Å². The molecule has 0 unspecified atom stereocenters. The molecule has 0 aromatic heterocycles. The van der Waals surface area contributed by atoms with Crippen LogP contribution in [-0.2, 0) is 25.6 Å². The molecule has 182 valence electrons. The van der Waals surface area contributed by atoms with Gasteiger partial charge in [-0.25, -0.2) is 0 Å². The Labute approximate surface area is 204 Å². The summed E-state index contributed by atoms with van der Waals surface area (Å²) in [5.41, 5.74) is 2.83. The van der Waals surface area contributed by atoms with Crippen LogP contribution in [0.15, 0.2) is 58.5 Å². The third-order valence-corrected chi connectivity index (χ3v) is 6.44. The molecule has 1 aliphatic rings. The zero-order valence-electron chi connectivity index (χ0n) is 20.0. The minimum atomic E-state index is -0.900. The lowest BCUT2D eigenvalue weighted by atomic mass is 10.2. The Bertz CT molecular complexity index is 1040. The number of ether oxygens (including phenoxy) is 2. The molecule has 0 aliphatic carbocycles. The van der Waals surface area contributed by atoms with Crippen molar-refractivity contribution >= 4 is 35.2 Å². The number of nitrogens with zero attached hydrogens (tertiary/aromatic N) is 3. The van der Waals surface area contributed by atoms with Crippen molar-refractivity contribution in [3.8, 4) is 0 Å². The number of rotatable bonds is 11. The second-order valence-electron chi connectivity index (χ2n) is 8.59. The number of hydrogen-bond acceptors (Lipinski definition) is 7. The number of aliphatic carboxylic acids is 1. The van der Waals surface area contributed by atoms with Crippen LogP contribution >= 0.6 is 11.8 Å². The summed E-state index contributed by atoms with van der Waals surface area (Å²) in [4.78, 5) is 26.8. The smallest absolute Gasteiger partial charge is 0.319 e. The first kappa shape index (κ1) is 25.7. The number of carbonyl (C=O) groups is 2. The van der Waals surface area contributed by atoms with Gasteiger partial charge in [0.25, 0.3) is 5.91 Å². The first-order valence-electron chi connectivity index (χ1n) is 11.0. The molecular weight excluding hydrogens is 454 g/mol. The Morgan fingerprint density at radius 3 is 2.62 bits per heavy atom. The Balaban J connectivity index is 1.71. The van der Waals surface area contributed by atoms with Crippen LogP contribution < -0.4 is 5.01 Å². The van der Waals surface area contributed by atoms with Gasteiger partial charge in [0.2, 0.25) is 5.90 Å². The summed E-state index contributed by atoms with van der Waals surface area (Å²) in [6, 6.07) is 15.5. The molecule has 3 rings (SSSR count). The SMILES string of the molecule is COCCN(CC1=NN(c2cccc(C)c2)C(=O)CO1)Cc1ccc(SC(C)(C)C(=O)O)cc1. The zero-order valence-corrected chi connectivity index (χ0v) is 20.8. The summed E-state index contributed by atoms with van der Waals surface area (Å²) in [7, 11) is 1.65. The van der Waals surface area contributed by atoms with E-state index >= 15 is 0 Å². The van der Waals surface area contributed by atoms with Crippen LogP contribution in [0.1, 0.15) is 25.0 Å². The fourth-order valence-electron chi connectivity index (χ4n) is 3.33. The van der Waals surface area contributed by atoms with Gasteiger partial charge in [-0.3, -0.25) is 14.5 Å². The molecule has 1 amide bonds. The molecule has 0 spiro atoms. The fraction of sp³-hybridized carbons (Fsp3) is 0.400. The second kappa shape index (κ2) is 11.5. The maximum Gasteiger partial charge on any atom is 0.319 e. The van der Waals surface area contributed by atoms with Crippen molar-refractivity contribution in [1.29, 1.82) is 0 Å². The van der Waals surface area contributed by atoms with Gasteiger partial charge < -0.3 is 14.6 Å². The van der Waals surface area contributed by atoms with Crippen molar-refractivity contribution in [1.82, 2.24) is 4.90 Å². The molecule has 9 heteroatoms. The fourth-order valence-corrected chi connectivity index (χ4v) is 4.27. The third kappa shape index (κ3) is 7.06. The van der Waals surface area contributed by atoms with E-state index < -0.39 is 10.7 Å². The van der Waals surface area contributed by atoms with Crippen LogP contribution in [0.2, 0.25) is 0 Å². The van der Waals surface area contributed by atoms with Gasteiger partial charge in [-0.1, -0.05) is 24.3 Å². The van der Waals surface area contributed by atoms with E-state index in [2.05, 4.69) is 10.0 Å². The summed E-state index contributed by atoms with van der Waals surface area (Å²) in [5.74, 6) is -0.596. The van der Waals surface area contributed by atoms with E-state index in [0.717, 1.165) is 16.0 Å². The summed E-state index contributed by atoms with van der Waals surface area (Å²) in [6.07, 6.45) is 0. The van der Waals surface area contributed by atoms with Crippen LogP contribution in [0.3, 0.4) is 0 Å². The van der Waals surface area contributed by atoms with Crippen molar-refractivity contribution in [2.75, 3.05) is 38.4 Å². The van der Waals surface area contributed by atoms with Crippen LogP contribution in [0, 0.1) is 6.92 Å². The van der Waals surface area contributed by atoms with Crippen LogP contribution in [0.5, 0.6) is 0 Å². The summed E-state index contributed by atoms with van der Waals surface area (Å²) in [5, 5.41) is 15.2. The highest BCUT2D eigenvalue weighted by Crippen LogP contribution is 2.32. The van der Waals surface area contributed by atoms with E-state index in [0.29, 0.717) is 37.8 Å². The molecule has 0 atom stereocenters. The quantitative estimate of drug-likeness (QED) is 0.484. The van der Waals surface area contributed by atoms with Crippen molar-refractivity contribution in [3.05, 3.63) is 59.7 Å². The first-order valence-corrected chi connectivity index (χ1v) is 11.8. The van der Waals surface area contributed by atoms with Gasteiger partial charge in [-0.05, 0) is 56.2 Å². The predicted molar refractivity (Wildman–Crippen MR) is 133 cm³/mol. The molecule has 34 heavy (non-hydrogen) atoms. The minimum Gasteiger partial charge on any atom is -0.480 e. The normalized spacial score (nSPS) is 14.2. The number of amides is 1. The lowest BCUT2D eigenvalue weighted by Gasteiger charge is -2.28. The molecule has 1 aliphatic heterocycles. The molecule has 2 aromatic carbocycles. The van der Waals surface area contributed by atoms with Gasteiger partial charge in [0.05, 0.1) is 18.8 Å². The highest BCUT2D eigenvalue weighted by molar-refractivity contribution is 8.01. The van der Waals surface area contributed by atoms with E-state index in [1.54, 1.807) is 21.0 Å². The molecule has 0 saturated heterocycles. The van der Waals surface area contributed by atoms with Crippen LogP contribution in [0.25, 0.3) is 0 Å². The highest BCUT2D eigenvalue weighted by atomic mass is 32.2. The first-order chi connectivity index (χ1) is 16.2. The van der Waals surface area contributed by atoms with E-state index in [1.807, 2.05) is 55.5 Å². The molecule has 0 fully saturated rings. The number of carbonyl (C=O) groups excluding carboxylic acids is 1. The summed E-state index contributed by atoms with van der Waals surface area (Å²) >= 11 is 1.31. The Morgan fingerprint density at radius 1 is 1.24 bits per heavy atom. The van der Waals surface area contributed by atoms with Crippen molar-refractivity contribution < 1.29 is 24.2 Å². The number of carboxylic acid groups (broad SMARTS) is 1. The van der Waals surface area contributed by atoms with Gasteiger partial charge in [-0.15, -0.1) is 16.9 Å². The standard InChI is InChI=1S/C25H31N3O5S/c1-18-6-5-7-20(14-18)28-23(29)17-33-22(26-28)16-27(12-13-32-4)15-19-8-10-21(11-9-19)34-25(2,3)24(30)31/h5-11,14H,12-13,15-17H2,1-4H3,(H,30,31). The topological polar surface area (TPSA) is 91.7 Å². The molecule has 0 bridgehead atoms. The van der Waals surface area contributed by atoms with E-state index in [4.69, 9.17) is 9.47 Å². The number of carboxylic acids is 1. The molecule has 0 saturated carbocycles. The van der Waals surface area contributed by atoms with Crippen LogP contribution in [-0.4, -0.2) is 65.9 Å². The van der Waals surface area contributed by atoms with Gasteiger partial charge >= 0.3 is 5.97 Å². The largest absolute Gasteiger partial charge is 0.480 e. The average molecular weight is 486 g/mol. The second-order valence-corrected chi connectivity index (χ2v) is 10.3. The third-order valence-electron chi connectivity index (χ3n) is 5.24.